The van der Waals surface area contributed by atoms with Crippen LogP contribution in [0.4, 0.5) is 0 Å². The van der Waals surface area contributed by atoms with E-state index in [-0.39, 0.29) is 29.9 Å². The minimum atomic E-state index is -0.912. The minimum absolute atomic E-state index is 0.00761. The molecule has 0 unspecified atom stereocenters. The van der Waals surface area contributed by atoms with Gasteiger partial charge >= 0.3 is 17.6 Å². The molecule has 188 valence electrons. The lowest BCUT2D eigenvalue weighted by Gasteiger charge is -2.30. The first-order chi connectivity index (χ1) is 17.9. The topological polar surface area (TPSA) is 94.8 Å². The van der Waals surface area contributed by atoms with Gasteiger partial charge in [0, 0.05) is 22.3 Å². The van der Waals surface area contributed by atoms with Crippen molar-refractivity contribution in [2.45, 2.75) is 19.8 Å². The number of carbonyl (C=O) groups excluding carboxylic acids is 2. The third kappa shape index (κ3) is 5.02. The Balaban J connectivity index is 1.95. The van der Waals surface area contributed by atoms with Crippen LogP contribution >= 0.6 is 0 Å². The molecule has 2 heterocycles. The van der Waals surface area contributed by atoms with Gasteiger partial charge in [0.05, 0.1) is 22.6 Å². The first-order valence-electron chi connectivity index (χ1n) is 11.7. The van der Waals surface area contributed by atoms with Crippen molar-refractivity contribution in [2.24, 2.45) is 0 Å². The highest BCUT2D eigenvalue weighted by molar-refractivity contribution is 6.01. The van der Waals surface area contributed by atoms with Gasteiger partial charge in [0.25, 0.3) is 0 Å². The Morgan fingerprint density at radius 1 is 0.919 bits per heavy atom. The molecule has 1 N–H and O–H groups in total. The summed E-state index contributed by atoms with van der Waals surface area (Å²) >= 11 is 0. The lowest BCUT2D eigenvalue weighted by atomic mass is 9.79. The highest BCUT2D eigenvalue weighted by atomic mass is 16.5. The summed E-state index contributed by atoms with van der Waals surface area (Å²) in [5.41, 5.74) is 2.76. The number of esters is 2. The van der Waals surface area contributed by atoms with E-state index in [2.05, 4.69) is 18.5 Å². The molecule has 0 spiro atoms. The number of dihydropyridines is 1. The van der Waals surface area contributed by atoms with Gasteiger partial charge in [0.2, 0.25) is 0 Å². The van der Waals surface area contributed by atoms with Crippen molar-refractivity contribution in [1.82, 2.24) is 5.32 Å². The number of rotatable bonds is 8. The molecule has 0 saturated carbocycles. The van der Waals surface area contributed by atoms with E-state index in [1.165, 1.54) is 12.2 Å². The zero-order valence-corrected chi connectivity index (χ0v) is 20.7. The Morgan fingerprint density at radius 2 is 1.51 bits per heavy atom. The molecule has 1 aliphatic heterocycles. The fraction of sp³-hybridized carbons (Fsp3) is 0.167. The van der Waals surface area contributed by atoms with Crippen LogP contribution in [0.1, 0.15) is 25.3 Å². The third-order valence-electron chi connectivity index (χ3n) is 6.05. The average molecular weight is 498 g/mol. The number of para-hydroxylation sites is 1. The molecule has 7 heteroatoms. The second-order valence-corrected chi connectivity index (χ2v) is 8.49. The number of allylic oxidation sites excluding steroid dienone is 2. The summed E-state index contributed by atoms with van der Waals surface area (Å²) in [6, 6.07) is 16.3. The van der Waals surface area contributed by atoms with E-state index in [1.54, 1.807) is 32.0 Å². The van der Waals surface area contributed by atoms with Crippen LogP contribution in [0.3, 0.4) is 0 Å². The van der Waals surface area contributed by atoms with Gasteiger partial charge in [-0.05, 0) is 25.5 Å². The molecule has 0 fully saturated rings. The quantitative estimate of drug-likeness (QED) is 0.261. The SMILES string of the molecule is C=CCOC(=O)C1=C(C)NC(C)=C(C(=O)OCC=C)C1c1cccc2cc(-c3ccccc3)c(=O)oc12. The van der Waals surface area contributed by atoms with Crippen molar-refractivity contribution in [2.75, 3.05) is 13.2 Å². The molecule has 2 aromatic carbocycles. The van der Waals surface area contributed by atoms with E-state index in [9.17, 15) is 14.4 Å². The van der Waals surface area contributed by atoms with Crippen LogP contribution in [0.5, 0.6) is 0 Å². The number of nitrogens with one attached hydrogen (secondary N) is 1. The maximum absolute atomic E-state index is 13.2. The summed E-state index contributed by atoms with van der Waals surface area (Å²) in [6.07, 6.45) is 2.92. The van der Waals surface area contributed by atoms with Crippen molar-refractivity contribution in [3.63, 3.8) is 0 Å². The van der Waals surface area contributed by atoms with Crippen LogP contribution in [-0.4, -0.2) is 25.2 Å². The molecule has 0 bridgehead atoms. The van der Waals surface area contributed by atoms with Crippen LogP contribution in [0.15, 0.2) is 112 Å². The molecule has 37 heavy (non-hydrogen) atoms. The molecule has 0 radical (unpaired) electrons. The number of fused-ring (bicyclic) bond motifs is 1. The summed E-state index contributed by atoms with van der Waals surface area (Å²) in [6.45, 7) is 10.6. The summed E-state index contributed by atoms with van der Waals surface area (Å²) in [5, 5.41) is 3.74. The zero-order valence-electron chi connectivity index (χ0n) is 20.7. The van der Waals surface area contributed by atoms with Crippen LogP contribution in [0.25, 0.3) is 22.1 Å². The first-order valence-corrected chi connectivity index (χ1v) is 11.7. The fourth-order valence-corrected chi connectivity index (χ4v) is 4.48. The Morgan fingerprint density at radius 3 is 2.08 bits per heavy atom. The van der Waals surface area contributed by atoms with Crippen LogP contribution in [0, 0.1) is 0 Å². The van der Waals surface area contributed by atoms with Gasteiger partial charge in [-0.15, -0.1) is 0 Å². The van der Waals surface area contributed by atoms with Gasteiger partial charge in [-0.25, -0.2) is 14.4 Å². The molecular weight excluding hydrogens is 470 g/mol. The van der Waals surface area contributed by atoms with Crippen molar-refractivity contribution in [3.05, 3.63) is 118 Å². The van der Waals surface area contributed by atoms with Crippen molar-refractivity contribution >= 4 is 22.9 Å². The second-order valence-electron chi connectivity index (χ2n) is 8.49. The van der Waals surface area contributed by atoms with E-state index in [1.807, 2.05) is 36.4 Å². The zero-order chi connectivity index (χ0) is 26.5. The van der Waals surface area contributed by atoms with Crippen LogP contribution in [-0.2, 0) is 19.1 Å². The smallest absolute Gasteiger partial charge is 0.344 e. The summed E-state index contributed by atoms with van der Waals surface area (Å²) < 4.78 is 16.6. The second kappa shape index (κ2) is 11.0. The summed E-state index contributed by atoms with van der Waals surface area (Å²) in [5.74, 6) is -2.17. The largest absolute Gasteiger partial charge is 0.458 e. The van der Waals surface area contributed by atoms with E-state index in [0.717, 1.165) is 5.56 Å². The van der Waals surface area contributed by atoms with E-state index in [4.69, 9.17) is 13.9 Å². The van der Waals surface area contributed by atoms with E-state index < -0.39 is 23.5 Å². The number of hydrogen-bond donors (Lipinski definition) is 1. The average Bonchev–Trinajstić information content (AvgIpc) is 2.89. The van der Waals surface area contributed by atoms with Gasteiger partial charge in [-0.2, -0.15) is 0 Å². The molecule has 7 nitrogen and oxygen atoms in total. The molecule has 3 aromatic rings. The van der Waals surface area contributed by atoms with Gasteiger partial charge in [-0.1, -0.05) is 73.8 Å². The Bertz CT molecular complexity index is 1460. The molecule has 0 aliphatic carbocycles. The van der Waals surface area contributed by atoms with Crippen LogP contribution < -0.4 is 10.9 Å². The number of hydrogen-bond acceptors (Lipinski definition) is 7. The standard InChI is InChI=1S/C30H27NO6/c1-5-15-35-29(33)24-18(3)31-19(4)25(30(34)36-16-6-2)26(24)22-14-10-13-21-17-23(28(32)37-27(21)22)20-11-8-7-9-12-20/h5-14,17,26,31H,1-2,15-16H2,3-4H3. The fourth-order valence-electron chi connectivity index (χ4n) is 4.48. The maximum Gasteiger partial charge on any atom is 0.344 e. The molecule has 0 amide bonds. The van der Waals surface area contributed by atoms with E-state index >= 15 is 0 Å². The normalized spacial score (nSPS) is 13.8. The molecular formula is C30H27NO6. The molecule has 0 saturated heterocycles. The summed E-state index contributed by atoms with van der Waals surface area (Å²) in [4.78, 5) is 39.6. The predicted octanol–water partition coefficient (Wildman–Crippen LogP) is 5.15. The van der Waals surface area contributed by atoms with Crippen LogP contribution in [0.2, 0.25) is 0 Å². The highest BCUT2D eigenvalue weighted by Crippen LogP contribution is 2.42. The van der Waals surface area contributed by atoms with Gasteiger partial charge < -0.3 is 19.2 Å². The highest BCUT2D eigenvalue weighted by Gasteiger charge is 2.39. The lowest BCUT2D eigenvalue weighted by Crippen LogP contribution is -2.32. The lowest BCUT2D eigenvalue weighted by molar-refractivity contribution is -0.138. The molecule has 1 aliphatic rings. The van der Waals surface area contributed by atoms with E-state index in [0.29, 0.717) is 27.9 Å². The third-order valence-corrected chi connectivity index (χ3v) is 6.05. The predicted molar refractivity (Wildman–Crippen MR) is 142 cm³/mol. The molecule has 4 rings (SSSR count). The number of carbonyl (C=O) groups is 2. The van der Waals surface area contributed by atoms with Crippen molar-refractivity contribution < 1.29 is 23.5 Å². The molecule has 0 atom stereocenters. The minimum Gasteiger partial charge on any atom is -0.458 e. The molecule has 1 aromatic heterocycles. The van der Waals surface area contributed by atoms with Gasteiger partial charge in [0.1, 0.15) is 18.8 Å². The van der Waals surface area contributed by atoms with Gasteiger partial charge in [-0.3, -0.25) is 0 Å². The Kier molecular flexibility index (Phi) is 7.53. The monoisotopic (exact) mass is 497 g/mol. The maximum atomic E-state index is 13.2. The van der Waals surface area contributed by atoms with Crippen molar-refractivity contribution in [1.29, 1.82) is 0 Å². The number of ether oxygens (including phenoxy) is 2. The van der Waals surface area contributed by atoms with Crippen molar-refractivity contribution in [3.8, 4) is 11.1 Å². The number of benzene rings is 2. The Labute approximate surface area is 214 Å². The van der Waals surface area contributed by atoms with Gasteiger partial charge in [0.15, 0.2) is 0 Å². The first kappa shape index (κ1) is 25.4. The summed E-state index contributed by atoms with van der Waals surface area (Å²) in [7, 11) is 0. The Hall–Kier alpha value is -4.65.